The summed E-state index contributed by atoms with van der Waals surface area (Å²) >= 11 is 11.8. The van der Waals surface area contributed by atoms with Gasteiger partial charge in [-0.3, -0.25) is 9.59 Å². The number of nitrogens with one attached hydrogen (secondary N) is 2. The number of methoxy groups -OCH3 is 2. The van der Waals surface area contributed by atoms with Gasteiger partial charge < -0.3 is 24.8 Å². The highest BCUT2D eigenvalue weighted by Gasteiger charge is 2.35. The third-order valence-electron chi connectivity index (χ3n) is 3.65. The van der Waals surface area contributed by atoms with Crippen LogP contribution < -0.4 is 10.6 Å². The number of hydrogen-bond donors (Lipinski definition) is 2. The Morgan fingerprint density at radius 1 is 1.15 bits per heavy atom. The molecule has 2 N–H and O–H groups in total. The molecule has 2 amide bonds. The SMILES string of the molecule is COC(=O)[C@H]1C[C@@H](NC(=O)C(OC)C(=O)Nc2cc(Cl)cc(Cl)c2)CO1. The highest BCUT2D eigenvalue weighted by Crippen LogP contribution is 2.22. The normalized spacial score (nSPS) is 20.3. The molecule has 10 heteroatoms. The van der Waals surface area contributed by atoms with Crippen molar-refractivity contribution in [2.45, 2.75) is 24.7 Å². The average Bonchev–Trinajstić information content (AvgIpc) is 3.02. The van der Waals surface area contributed by atoms with Gasteiger partial charge in [-0.25, -0.2) is 4.79 Å². The van der Waals surface area contributed by atoms with Gasteiger partial charge in [0.1, 0.15) is 0 Å². The van der Waals surface area contributed by atoms with E-state index in [4.69, 9.17) is 32.7 Å². The zero-order valence-corrected chi connectivity index (χ0v) is 15.6. The standard InChI is InChI=1S/C16H18Cl2N2O6/c1-24-13(14(21)19-10-4-8(17)3-9(18)5-10)15(22)20-11-6-12(26-7-11)16(23)25-2/h3-5,11-13H,6-7H2,1-2H3,(H,19,21)(H,20,22)/t11-,12-,13?/m1/s1. The number of halogens is 2. The van der Waals surface area contributed by atoms with Crippen molar-refractivity contribution in [1.29, 1.82) is 0 Å². The molecule has 1 fully saturated rings. The van der Waals surface area contributed by atoms with E-state index in [0.717, 1.165) is 0 Å². The molecule has 0 saturated carbocycles. The first-order chi connectivity index (χ1) is 12.3. The minimum atomic E-state index is -1.40. The summed E-state index contributed by atoms with van der Waals surface area (Å²) in [6.45, 7) is 0.132. The molecule has 0 spiro atoms. The van der Waals surface area contributed by atoms with Crippen LogP contribution in [0.3, 0.4) is 0 Å². The molecule has 26 heavy (non-hydrogen) atoms. The lowest BCUT2D eigenvalue weighted by molar-refractivity contribution is -0.151. The monoisotopic (exact) mass is 404 g/mol. The first kappa shape index (κ1) is 20.4. The van der Waals surface area contributed by atoms with Crippen molar-refractivity contribution in [3.05, 3.63) is 28.2 Å². The van der Waals surface area contributed by atoms with Crippen LogP contribution >= 0.6 is 23.2 Å². The summed E-state index contributed by atoms with van der Waals surface area (Å²) in [5.74, 6) is -1.86. The molecular formula is C16H18Cl2N2O6. The first-order valence-electron chi connectivity index (χ1n) is 7.63. The zero-order valence-electron chi connectivity index (χ0n) is 14.1. The molecule has 1 aromatic carbocycles. The third-order valence-corrected chi connectivity index (χ3v) is 4.09. The molecule has 1 saturated heterocycles. The smallest absolute Gasteiger partial charge is 0.335 e. The predicted octanol–water partition coefficient (Wildman–Crippen LogP) is 1.39. The Hall–Kier alpha value is -1.87. The Balaban J connectivity index is 1.95. The molecule has 8 nitrogen and oxygen atoms in total. The second-order valence-electron chi connectivity index (χ2n) is 5.55. The highest BCUT2D eigenvalue weighted by molar-refractivity contribution is 6.35. The topological polar surface area (TPSA) is 103 Å². The Morgan fingerprint density at radius 2 is 1.81 bits per heavy atom. The van der Waals surface area contributed by atoms with Crippen LogP contribution in [0.15, 0.2) is 18.2 Å². The molecule has 1 aromatic rings. The van der Waals surface area contributed by atoms with Crippen LogP contribution in [-0.2, 0) is 28.6 Å². The maximum atomic E-state index is 12.3. The van der Waals surface area contributed by atoms with Crippen LogP contribution in [-0.4, -0.2) is 56.9 Å². The molecule has 0 aliphatic carbocycles. The van der Waals surface area contributed by atoms with E-state index < -0.39 is 36.0 Å². The molecule has 0 radical (unpaired) electrons. The predicted molar refractivity (Wildman–Crippen MR) is 94.2 cm³/mol. The summed E-state index contributed by atoms with van der Waals surface area (Å²) in [7, 11) is 2.49. The Labute approximate surface area is 160 Å². The molecule has 1 aliphatic heterocycles. The van der Waals surface area contributed by atoms with Crippen LogP contribution in [0.4, 0.5) is 5.69 Å². The second-order valence-corrected chi connectivity index (χ2v) is 6.42. The summed E-state index contributed by atoms with van der Waals surface area (Å²) < 4.78 is 14.8. The molecule has 142 valence electrons. The van der Waals surface area contributed by atoms with Gasteiger partial charge in [-0.05, 0) is 18.2 Å². The Morgan fingerprint density at radius 3 is 2.38 bits per heavy atom. The van der Waals surface area contributed by atoms with Crippen LogP contribution in [0.5, 0.6) is 0 Å². The second kappa shape index (κ2) is 9.18. The molecule has 3 atom stereocenters. The fraction of sp³-hybridized carbons (Fsp3) is 0.438. The maximum Gasteiger partial charge on any atom is 0.335 e. The Bertz CT molecular complexity index is 679. The minimum Gasteiger partial charge on any atom is -0.467 e. The summed E-state index contributed by atoms with van der Waals surface area (Å²) in [4.78, 5) is 36.1. The van der Waals surface area contributed by atoms with Gasteiger partial charge in [0.2, 0.25) is 6.10 Å². The minimum absolute atomic E-state index is 0.132. The number of carbonyl (C=O) groups excluding carboxylic acids is 3. The summed E-state index contributed by atoms with van der Waals surface area (Å²) in [6.07, 6.45) is -1.89. The van der Waals surface area contributed by atoms with Crippen LogP contribution in [0.1, 0.15) is 6.42 Å². The number of anilines is 1. The van der Waals surface area contributed by atoms with E-state index in [0.29, 0.717) is 15.7 Å². The molecule has 1 heterocycles. The lowest BCUT2D eigenvalue weighted by Crippen LogP contribution is -2.47. The van der Waals surface area contributed by atoms with Gasteiger partial charge in [0.25, 0.3) is 11.8 Å². The summed E-state index contributed by atoms with van der Waals surface area (Å²) in [5, 5.41) is 5.81. The lowest BCUT2D eigenvalue weighted by atomic mass is 10.1. The van der Waals surface area contributed by atoms with E-state index in [2.05, 4.69) is 15.4 Å². The fourth-order valence-corrected chi connectivity index (χ4v) is 2.99. The van der Waals surface area contributed by atoms with E-state index in [1.807, 2.05) is 0 Å². The number of amides is 2. The molecule has 2 rings (SSSR count). The van der Waals surface area contributed by atoms with Crippen molar-refractivity contribution in [3.63, 3.8) is 0 Å². The number of benzene rings is 1. The van der Waals surface area contributed by atoms with E-state index in [1.165, 1.54) is 32.4 Å². The summed E-state index contributed by atoms with van der Waals surface area (Å²) in [5.41, 5.74) is 0.331. The van der Waals surface area contributed by atoms with E-state index in [-0.39, 0.29) is 13.0 Å². The molecule has 0 aromatic heterocycles. The van der Waals surface area contributed by atoms with E-state index in [9.17, 15) is 14.4 Å². The largest absolute Gasteiger partial charge is 0.467 e. The van der Waals surface area contributed by atoms with E-state index >= 15 is 0 Å². The molecule has 0 bridgehead atoms. The zero-order chi connectivity index (χ0) is 19.3. The number of rotatable bonds is 6. The maximum absolute atomic E-state index is 12.3. The van der Waals surface area contributed by atoms with Crippen LogP contribution in [0.25, 0.3) is 0 Å². The van der Waals surface area contributed by atoms with Gasteiger partial charge in [0.05, 0.1) is 19.8 Å². The lowest BCUT2D eigenvalue weighted by Gasteiger charge is -2.18. The van der Waals surface area contributed by atoms with Crippen molar-refractivity contribution in [3.8, 4) is 0 Å². The van der Waals surface area contributed by atoms with Gasteiger partial charge >= 0.3 is 5.97 Å². The van der Waals surface area contributed by atoms with Crippen molar-refractivity contribution in [1.82, 2.24) is 5.32 Å². The third kappa shape index (κ3) is 5.31. The quantitative estimate of drug-likeness (QED) is 0.548. The van der Waals surface area contributed by atoms with Crippen molar-refractivity contribution in [2.75, 3.05) is 26.1 Å². The number of carbonyl (C=O) groups is 3. The number of ether oxygens (including phenoxy) is 3. The van der Waals surface area contributed by atoms with Crippen molar-refractivity contribution in [2.24, 2.45) is 0 Å². The van der Waals surface area contributed by atoms with Crippen molar-refractivity contribution >= 4 is 46.7 Å². The first-order valence-corrected chi connectivity index (χ1v) is 8.39. The van der Waals surface area contributed by atoms with Gasteiger partial charge in [-0.15, -0.1) is 0 Å². The molecule has 1 aliphatic rings. The van der Waals surface area contributed by atoms with Crippen LogP contribution in [0, 0.1) is 0 Å². The average molecular weight is 405 g/mol. The Kier molecular flexibility index (Phi) is 7.22. The molecule has 1 unspecified atom stereocenters. The van der Waals surface area contributed by atoms with Crippen molar-refractivity contribution < 1.29 is 28.6 Å². The number of esters is 1. The highest BCUT2D eigenvalue weighted by atomic mass is 35.5. The fourth-order valence-electron chi connectivity index (χ4n) is 2.47. The van der Waals surface area contributed by atoms with Gasteiger partial charge in [-0.1, -0.05) is 23.2 Å². The molecular weight excluding hydrogens is 387 g/mol. The summed E-state index contributed by atoms with van der Waals surface area (Å²) in [6, 6.07) is 4.05. The van der Waals surface area contributed by atoms with Gasteiger partial charge in [0.15, 0.2) is 6.10 Å². The van der Waals surface area contributed by atoms with Gasteiger partial charge in [-0.2, -0.15) is 0 Å². The van der Waals surface area contributed by atoms with Crippen LogP contribution in [0.2, 0.25) is 10.0 Å². The van der Waals surface area contributed by atoms with Gasteiger partial charge in [0, 0.05) is 29.3 Å². The van der Waals surface area contributed by atoms with E-state index in [1.54, 1.807) is 0 Å². The number of hydrogen-bond acceptors (Lipinski definition) is 6.